The Morgan fingerprint density at radius 1 is 0.681 bits per heavy atom. The maximum atomic E-state index is 13.4. The summed E-state index contributed by atoms with van der Waals surface area (Å²) in [7, 11) is -0.797. The van der Waals surface area contributed by atoms with Crippen molar-refractivity contribution in [2.45, 2.75) is 74.7 Å². The lowest BCUT2D eigenvalue weighted by Gasteiger charge is -2.35. The lowest BCUT2D eigenvalue weighted by atomic mass is 9.75. The minimum Gasteiger partial charge on any atom is -0.393 e. The number of ether oxygens (including phenoxy) is 2. The third-order valence-electron chi connectivity index (χ3n) is 7.23. The lowest BCUT2D eigenvalue weighted by Crippen LogP contribution is -2.34. The predicted octanol–water partition coefficient (Wildman–Crippen LogP) is 10.2. The fourth-order valence-electron chi connectivity index (χ4n) is 5.69. The van der Waals surface area contributed by atoms with Crippen LogP contribution in [0.4, 0.5) is 0 Å². The zero-order valence-electron chi connectivity index (χ0n) is 29.9. The van der Waals surface area contributed by atoms with Crippen LogP contribution < -0.4 is 9.05 Å². The van der Waals surface area contributed by atoms with E-state index in [9.17, 15) is 9.36 Å². The summed E-state index contributed by atoms with van der Waals surface area (Å²) in [5.74, 6) is 1.65. The Hall–Kier alpha value is -3.16. The van der Waals surface area contributed by atoms with Crippen LogP contribution in [0.3, 0.4) is 0 Å². The molecule has 0 N–H and O–H groups in total. The summed E-state index contributed by atoms with van der Waals surface area (Å²) in [5, 5.41) is 0. The molecule has 0 atom stereocenters. The van der Waals surface area contributed by atoms with E-state index in [-0.39, 0.29) is 11.0 Å². The summed E-state index contributed by atoms with van der Waals surface area (Å²) in [5.41, 5.74) is 3.00. The minimum atomic E-state index is -4.36. The highest BCUT2D eigenvalue weighted by molar-refractivity contribution is 7.49. The molecule has 0 heterocycles. The van der Waals surface area contributed by atoms with Gasteiger partial charge >= 0.3 is 13.8 Å². The van der Waals surface area contributed by atoms with Crippen molar-refractivity contribution in [1.82, 2.24) is 0 Å². The summed E-state index contributed by atoms with van der Waals surface area (Å²) in [4.78, 5) is 17.4. The molecule has 0 amide bonds. The SMILES string of the molecule is COCC(COC)(CC(C)C)CC(C)C.Cc1ccccc1OP(=O)(OOC(=O)c1ccc(CC(C)C)cc1)Oc1ccccc1C. The van der Waals surface area contributed by atoms with Crippen molar-refractivity contribution in [1.29, 1.82) is 0 Å². The molecule has 0 saturated carbocycles. The molecule has 0 saturated heterocycles. The van der Waals surface area contributed by atoms with E-state index < -0.39 is 13.8 Å². The van der Waals surface area contributed by atoms with Crippen LogP contribution in [0.2, 0.25) is 0 Å². The van der Waals surface area contributed by atoms with Crippen molar-refractivity contribution in [3.63, 3.8) is 0 Å². The van der Waals surface area contributed by atoms with Crippen molar-refractivity contribution in [3.05, 3.63) is 95.1 Å². The highest BCUT2D eigenvalue weighted by Gasteiger charge is 2.36. The first kappa shape index (κ1) is 40.0. The molecule has 0 fully saturated rings. The van der Waals surface area contributed by atoms with E-state index in [1.807, 2.05) is 24.3 Å². The number of aryl methyl sites for hydroxylation is 2. The first-order chi connectivity index (χ1) is 22.2. The van der Waals surface area contributed by atoms with Crippen molar-refractivity contribution >= 4 is 13.8 Å². The van der Waals surface area contributed by atoms with E-state index in [1.165, 1.54) is 12.8 Å². The molecule has 47 heavy (non-hydrogen) atoms. The molecule has 0 spiro atoms. The number of phosphoric ester groups is 1. The number of hydrogen-bond donors (Lipinski definition) is 0. The van der Waals surface area contributed by atoms with Crippen LogP contribution in [0.25, 0.3) is 0 Å². The van der Waals surface area contributed by atoms with Crippen molar-refractivity contribution in [2.75, 3.05) is 27.4 Å². The molecule has 8 nitrogen and oxygen atoms in total. The molecule has 0 unspecified atom stereocenters. The van der Waals surface area contributed by atoms with Crippen molar-refractivity contribution in [2.24, 2.45) is 23.2 Å². The van der Waals surface area contributed by atoms with Gasteiger partial charge in [-0.1, -0.05) is 90.1 Å². The Kier molecular flexibility index (Phi) is 16.7. The van der Waals surface area contributed by atoms with Crippen LogP contribution in [-0.2, 0) is 30.0 Å². The molecular weight excluding hydrogens is 615 g/mol. The second-order valence-electron chi connectivity index (χ2n) is 13.5. The Morgan fingerprint density at radius 2 is 1.13 bits per heavy atom. The molecule has 260 valence electrons. The zero-order chi connectivity index (χ0) is 35.0. The van der Waals surface area contributed by atoms with Gasteiger partial charge in [0.2, 0.25) is 0 Å². The number of phosphoric acid groups is 1. The molecule has 9 heteroatoms. The topological polar surface area (TPSA) is 89.5 Å². The minimum absolute atomic E-state index is 0.200. The monoisotopic (exact) mass is 670 g/mol. The molecule has 3 aromatic carbocycles. The van der Waals surface area contributed by atoms with E-state index in [0.29, 0.717) is 29.3 Å². The molecule has 3 rings (SSSR count). The molecule has 0 aliphatic rings. The molecule has 3 aromatic rings. The van der Waals surface area contributed by atoms with Gasteiger partial charge in [-0.15, -0.1) is 0 Å². The van der Waals surface area contributed by atoms with Crippen LogP contribution in [0.15, 0.2) is 72.8 Å². The smallest absolute Gasteiger partial charge is 0.393 e. The van der Waals surface area contributed by atoms with E-state index in [2.05, 4.69) is 41.5 Å². The van der Waals surface area contributed by atoms with Crippen LogP contribution >= 0.6 is 7.82 Å². The predicted molar refractivity (Wildman–Crippen MR) is 188 cm³/mol. The van der Waals surface area contributed by atoms with Gasteiger partial charge in [-0.3, -0.25) is 4.89 Å². The number of carbonyl (C=O) groups excluding carboxylic acids is 1. The van der Waals surface area contributed by atoms with Crippen molar-refractivity contribution in [3.8, 4) is 11.5 Å². The fraction of sp³-hybridized carbons (Fsp3) is 0.500. The zero-order valence-corrected chi connectivity index (χ0v) is 30.8. The fourth-order valence-corrected chi connectivity index (χ4v) is 6.84. The Bertz CT molecular complexity index is 1330. The summed E-state index contributed by atoms with van der Waals surface area (Å²) >= 11 is 0. The van der Waals surface area contributed by atoms with Gasteiger partial charge in [0.15, 0.2) is 0 Å². The molecule has 0 aliphatic carbocycles. The van der Waals surface area contributed by atoms with E-state index in [4.69, 9.17) is 28.1 Å². The average Bonchev–Trinajstić information content (AvgIpc) is 2.98. The van der Waals surface area contributed by atoms with Crippen molar-refractivity contribution < 1.29 is 37.4 Å². The highest BCUT2D eigenvalue weighted by Crippen LogP contribution is 2.51. The third kappa shape index (κ3) is 14.2. The third-order valence-corrected chi connectivity index (χ3v) is 8.33. The van der Waals surface area contributed by atoms with E-state index in [1.54, 1.807) is 76.6 Å². The van der Waals surface area contributed by atoms with E-state index >= 15 is 0 Å². The highest BCUT2D eigenvalue weighted by atomic mass is 31.2. The number of para-hydroxylation sites is 2. The average molecular weight is 671 g/mol. The van der Waals surface area contributed by atoms with Gasteiger partial charge in [-0.05, 0) is 96.5 Å². The number of rotatable bonds is 17. The van der Waals surface area contributed by atoms with Gasteiger partial charge in [-0.25, -0.2) is 9.36 Å². The Morgan fingerprint density at radius 3 is 1.51 bits per heavy atom. The van der Waals surface area contributed by atoms with Gasteiger partial charge in [0.05, 0.1) is 18.8 Å². The maximum Gasteiger partial charge on any atom is 0.625 e. The largest absolute Gasteiger partial charge is 0.625 e. The standard InChI is InChI=1S/C25H27O6P.C13H28O2/c1-18(2)17-21-13-15-22(16-14-21)25(26)28-31-32(27,29-23-11-7-5-9-19(23)3)30-24-12-8-6-10-20(24)4;1-11(2)7-13(9-14-5,10-15-6)8-12(3)4/h5-16,18H,17H2,1-4H3;11-12H,7-10H2,1-6H3. The van der Waals surface area contributed by atoms with Crippen LogP contribution in [0.5, 0.6) is 11.5 Å². The second-order valence-corrected chi connectivity index (χ2v) is 14.9. The Labute approximate surface area is 282 Å². The number of hydrogen-bond acceptors (Lipinski definition) is 8. The van der Waals surface area contributed by atoms with E-state index in [0.717, 1.165) is 36.3 Å². The molecule has 0 radical (unpaired) electrons. The first-order valence-corrected chi connectivity index (χ1v) is 17.8. The molecule has 0 bridgehead atoms. The quantitative estimate of drug-likeness (QED) is 0.0796. The van der Waals surface area contributed by atoms with Gasteiger partial charge in [0, 0.05) is 19.6 Å². The molecule has 0 aliphatic heterocycles. The maximum absolute atomic E-state index is 13.4. The number of carbonyl (C=O) groups is 1. The normalized spacial score (nSPS) is 11.8. The van der Waals surface area contributed by atoms with Gasteiger partial charge in [0.25, 0.3) is 0 Å². The molecule has 0 aromatic heterocycles. The summed E-state index contributed by atoms with van der Waals surface area (Å²) in [6, 6.07) is 20.9. The molecular formula is C38H55O8P. The first-order valence-electron chi connectivity index (χ1n) is 16.3. The van der Waals surface area contributed by atoms with Crippen LogP contribution in [0, 0.1) is 37.0 Å². The van der Waals surface area contributed by atoms with Crippen LogP contribution in [0.1, 0.15) is 81.4 Å². The lowest BCUT2D eigenvalue weighted by molar-refractivity contribution is -0.163. The van der Waals surface area contributed by atoms with Gasteiger partial charge in [0.1, 0.15) is 11.5 Å². The van der Waals surface area contributed by atoms with Crippen LogP contribution in [-0.4, -0.2) is 33.4 Å². The second kappa shape index (κ2) is 19.6. The van der Waals surface area contributed by atoms with Gasteiger partial charge < -0.3 is 18.5 Å². The number of benzene rings is 3. The summed E-state index contributed by atoms with van der Waals surface area (Å²) in [6.07, 6.45) is 3.25. The summed E-state index contributed by atoms with van der Waals surface area (Å²) < 4.78 is 40.4. The summed E-state index contributed by atoms with van der Waals surface area (Å²) in [6.45, 7) is 18.5. The number of methoxy groups -OCH3 is 2. The van der Waals surface area contributed by atoms with Gasteiger partial charge in [-0.2, -0.15) is 0 Å². The Balaban J connectivity index is 0.000000433.